The van der Waals surface area contributed by atoms with Crippen molar-refractivity contribution in [2.24, 2.45) is 4.99 Å². The minimum atomic E-state index is 0.115. The van der Waals surface area contributed by atoms with Gasteiger partial charge < -0.3 is 20.1 Å². The molecule has 5 heteroatoms. The minimum absolute atomic E-state index is 0.115. The van der Waals surface area contributed by atoms with Gasteiger partial charge >= 0.3 is 0 Å². The van der Waals surface area contributed by atoms with Gasteiger partial charge in [0.15, 0.2) is 5.96 Å². The molecular formula is C19H31N3O2. The quantitative estimate of drug-likeness (QED) is 0.436. The Morgan fingerprint density at radius 1 is 1.21 bits per heavy atom. The Morgan fingerprint density at radius 3 is 2.62 bits per heavy atom. The van der Waals surface area contributed by atoms with Gasteiger partial charge in [-0.25, -0.2) is 0 Å². The number of methoxy groups -OCH3 is 1. The average molecular weight is 333 g/mol. The van der Waals surface area contributed by atoms with E-state index in [4.69, 9.17) is 9.47 Å². The van der Waals surface area contributed by atoms with Crippen LogP contribution < -0.4 is 15.4 Å². The Kier molecular flexibility index (Phi) is 7.37. The van der Waals surface area contributed by atoms with Crippen LogP contribution in [0.2, 0.25) is 0 Å². The van der Waals surface area contributed by atoms with Crippen molar-refractivity contribution in [2.75, 3.05) is 40.5 Å². The fourth-order valence-corrected chi connectivity index (χ4v) is 3.54. The molecule has 0 bridgehead atoms. The number of nitrogens with one attached hydrogen (secondary N) is 2. The molecule has 24 heavy (non-hydrogen) atoms. The topological polar surface area (TPSA) is 54.9 Å². The normalized spacial score (nSPS) is 16.9. The van der Waals surface area contributed by atoms with Crippen LogP contribution >= 0.6 is 0 Å². The van der Waals surface area contributed by atoms with Gasteiger partial charge in [0.1, 0.15) is 5.75 Å². The third-order valence-corrected chi connectivity index (χ3v) is 4.80. The first-order valence-corrected chi connectivity index (χ1v) is 8.91. The molecule has 2 N–H and O–H groups in total. The van der Waals surface area contributed by atoms with Gasteiger partial charge in [0, 0.05) is 37.7 Å². The molecule has 0 aliphatic heterocycles. The molecule has 0 amide bonds. The van der Waals surface area contributed by atoms with E-state index in [0.717, 1.165) is 31.4 Å². The number of hydrogen-bond donors (Lipinski definition) is 2. The van der Waals surface area contributed by atoms with E-state index >= 15 is 0 Å². The van der Waals surface area contributed by atoms with Gasteiger partial charge in [0.25, 0.3) is 0 Å². The number of guanidine groups is 1. The van der Waals surface area contributed by atoms with Crippen molar-refractivity contribution in [1.82, 2.24) is 10.6 Å². The lowest BCUT2D eigenvalue weighted by Crippen LogP contribution is -2.45. The SMILES string of the molecule is CCOCCNC(=NC)NCC1(c2ccccc2OC)CCCC1. The monoisotopic (exact) mass is 333 g/mol. The van der Waals surface area contributed by atoms with E-state index in [1.54, 1.807) is 14.2 Å². The number of aliphatic imine (C=N–C) groups is 1. The zero-order valence-corrected chi connectivity index (χ0v) is 15.2. The molecule has 134 valence electrons. The zero-order valence-electron chi connectivity index (χ0n) is 15.2. The van der Waals surface area contributed by atoms with Crippen LogP contribution in [-0.4, -0.2) is 46.4 Å². The summed E-state index contributed by atoms with van der Waals surface area (Å²) in [4.78, 5) is 4.32. The zero-order chi connectivity index (χ0) is 17.3. The van der Waals surface area contributed by atoms with E-state index in [9.17, 15) is 0 Å². The predicted octanol–water partition coefficient (Wildman–Crippen LogP) is 2.71. The minimum Gasteiger partial charge on any atom is -0.496 e. The fourth-order valence-electron chi connectivity index (χ4n) is 3.54. The van der Waals surface area contributed by atoms with Gasteiger partial charge in [0.05, 0.1) is 13.7 Å². The Hall–Kier alpha value is -1.75. The van der Waals surface area contributed by atoms with Crippen LogP contribution in [0.4, 0.5) is 0 Å². The maximum Gasteiger partial charge on any atom is 0.191 e. The van der Waals surface area contributed by atoms with Gasteiger partial charge in [-0.2, -0.15) is 0 Å². The second-order valence-electron chi connectivity index (χ2n) is 6.24. The van der Waals surface area contributed by atoms with Gasteiger partial charge in [-0.05, 0) is 25.8 Å². The summed E-state index contributed by atoms with van der Waals surface area (Å²) in [5.74, 6) is 1.82. The highest BCUT2D eigenvalue weighted by Gasteiger charge is 2.37. The van der Waals surface area contributed by atoms with E-state index in [1.807, 2.05) is 13.0 Å². The molecule has 0 atom stereocenters. The Labute approximate surface area is 145 Å². The molecule has 0 saturated heterocycles. The van der Waals surface area contributed by atoms with Gasteiger partial charge in [-0.15, -0.1) is 0 Å². The highest BCUT2D eigenvalue weighted by Crippen LogP contribution is 2.44. The summed E-state index contributed by atoms with van der Waals surface area (Å²) < 4.78 is 11.0. The van der Waals surface area contributed by atoms with Crippen LogP contribution in [0.25, 0.3) is 0 Å². The van der Waals surface area contributed by atoms with E-state index < -0.39 is 0 Å². The van der Waals surface area contributed by atoms with Crippen molar-refractivity contribution in [3.05, 3.63) is 29.8 Å². The van der Waals surface area contributed by atoms with Crippen LogP contribution in [0, 0.1) is 0 Å². The Bertz CT molecular complexity index is 525. The van der Waals surface area contributed by atoms with E-state index in [-0.39, 0.29) is 5.41 Å². The Balaban J connectivity index is 2.03. The van der Waals surface area contributed by atoms with Gasteiger partial charge in [0.2, 0.25) is 0 Å². The molecule has 1 saturated carbocycles. The number of nitrogens with zero attached hydrogens (tertiary/aromatic N) is 1. The first-order valence-electron chi connectivity index (χ1n) is 8.91. The maximum atomic E-state index is 5.62. The van der Waals surface area contributed by atoms with E-state index in [2.05, 4.69) is 33.8 Å². The van der Waals surface area contributed by atoms with Crippen LogP contribution in [0.15, 0.2) is 29.3 Å². The average Bonchev–Trinajstić information content (AvgIpc) is 3.11. The summed E-state index contributed by atoms with van der Waals surface area (Å²) in [7, 11) is 3.56. The second-order valence-corrected chi connectivity index (χ2v) is 6.24. The third kappa shape index (κ3) is 4.63. The summed E-state index contributed by atoms with van der Waals surface area (Å²) in [5.41, 5.74) is 1.42. The molecule has 5 nitrogen and oxygen atoms in total. The van der Waals surface area contributed by atoms with E-state index in [1.165, 1.54) is 31.2 Å². The van der Waals surface area contributed by atoms with Crippen molar-refractivity contribution in [2.45, 2.75) is 38.0 Å². The smallest absolute Gasteiger partial charge is 0.191 e. The van der Waals surface area contributed by atoms with Crippen molar-refractivity contribution >= 4 is 5.96 Å². The van der Waals surface area contributed by atoms with Crippen molar-refractivity contribution in [3.63, 3.8) is 0 Å². The fraction of sp³-hybridized carbons (Fsp3) is 0.632. The molecule has 1 aromatic rings. The summed E-state index contributed by atoms with van der Waals surface area (Å²) in [5, 5.41) is 6.81. The standard InChI is InChI=1S/C19H31N3O2/c1-4-24-14-13-21-18(20-2)22-15-19(11-7-8-12-19)16-9-5-6-10-17(16)23-3/h5-6,9-10H,4,7-8,11-15H2,1-3H3,(H2,20,21,22). The number of ether oxygens (including phenoxy) is 2. The van der Waals surface area contributed by atoms with E-state index in [0.29, 0.717) is 6.61 Å². The largest absolute Gasteiger partial charge is 0.496 e. The lowest BCUT2D eigenvalue weighted by molar-refractivity contribution is 0.152. The lowest BCUT2D eigenvalue weighted by Gasteiger charge is -2.32. The summed E-state index contributed by atoms with van der Waals surface area (Å²) in [6.45, 7) is 5.06. The highest BCUT2D eigenvalue weighted by atomic mass is 16.5. The first-order chi connectivity index (χ1) is 11.8. The molecule has 0 heterocycles. The van der Waals surface area contributed by atoms with Gasteiger partial charge in [-0.3, -0.25) is 4.99 Å². The van der Waals surface area contributed by atoms with Gasteiger partial charge in [-0.1, -0.05) is 31.0 Å². The maximum absolute atomic E-state index is 5.62. The third-order valence-electron chi connectivity index (χ3n) is 4.80. The molecular weight excluding hydrogens is 302 g/mol. The number of para-hydroxylation sites is 1. The lowest BCUT2D eigenvalue weighted by atomic mass is 9.78. The summed E-state index contributed by atoms with van der Waals surface area (Å²) in [6.07, 6.45) is 4.87. The van der Waals surface area contributed by atoms with Crippen molar-refractivity contribution < 1.29 is 9.47 Å². The molecule has 0 radical (unpaired) electrons. The molecule has 1 fully saturated rings. The number of benzene rings is 1. The van der Waals surface area contributed by atoms with Crippen LogP contribution in [0.5, 0.6) is 5.75 Å². The molecule has 0 unspecified atom stereocenters. The number of rotatable bonds is 8. The summed E-state index contributed by atoms with van der Waals surface area (Å²) in [6, 6.07) is 8.40. The molecule has 2 rings (SSSR count). The van der Waals surface area contributed by atoms with Crippen molar-refractivity contribution in [1.29, 1.82) is 0 Å². The molecule has 1 aromatic carbocycles. The predicted molar refractivity (Wildman–Crippen MR) is 99.0 cm³/mol. The Morgan fingerprint density at radius 2 is 1.96 bits per heavy atom. The van der Waals surface area contributed by atoms with Crippen LogP contribution in [0.1, 0.15) is 38.2 Å². The molecule has 1 aliphatic carbocycles. The first kappa shape index (κ1) is 18.6. The highest BCUT2D eigenvalue weighted by molar-refractivity contribution is 5.79. The second kappa shape index (κ2) is 9.52. The van der Waals surface area contributed by atoms with Crippen molar-refractivity contribution in [3.8, 4) is 5.75 Å². The molecule has 0 aromatic heterocycles. The molecule has 1 aliphatic rings. The van der Waals surface area contributed by atoms with Crippen LogP contribution in [0.3, 0.4) is 0 Å². The van der Waals surface area contributed by atoms with Crippen LogP contribution in [-0.2, 0) is 10.2 Å². The molecule has 0 spiro atoms. The summed E-state index contributed by atoms with van der Waals surface area (Å²) >= 11 is 0. The number of hydrogen-bond acceptors (Lipinski definition) is 3.